The molecule has 4 nitrogen and oxygen atoms in total. The van der Waals surface area contributed by atoms with E-state index in [1.807, 2.05) is 41.3 Å². The number of aromatic nitrogens is 1. The first-order valence-corrected chi connectivity index (χ1v) is 8.33. The van der Waals surface area contributed by atoms with E-state index in [-0.39, 0.29) is 12.5 Å². The van der Waals surface area contributed by atoms with Crippen LogP contribution >= 0.6 is 0 Å². The second kappa shape index (κ2) is 6.40. The normalized spacial score (nSPS) is 17.3. The minimum atomic E-state index is 0.0567. The smallest absolute Gasteiger partial charge is 0.260 e. The van der Waals surface area contributed by atoms with Crippen molar-refractivity contribution in [2.75, 3.05) is 19.7 Å². The van der Waals surface area contributed by atoms with Gasteiger partial charge >= 0.3 is 0 Å². The maximum atomic E-state index is 12.4. The van der Waals surface area contributed by atoms with E-state index in [0.717, 1.165) is 30.8 Å². The minimum Gasteiger partial charge on any atom is -0.484 e. The number of carbonyl (C=O) groups is 1. The number of benzene rings is 2. The van der Waals surface area contributed by atoms with Crippen molar-refractivity contribution in [3.8, 4) is 5.75 Å². The summed E-state index contributed by atoms with van der Waals surface area (Å²) in [5, 5.41) is 1.26. The molecule has 1 fully saturated rings. The predicted octanol–water partition coefficient (Wildman–Crippen LogP) is 3.56. The summed E-state index contributed by atoms with van der Waals surface area (Å²) in [6.45, 7) is 1.66. The van der Waals surface area contributed by atoms with Crippen molar-refractivity contribution < 1.29 is 9.53 Å². The lowest BCUT2D eigenvalue weighted by molar-refractivity contribution is -0.132. The highest BCUT2D eigenvalue weighted by Gasteiger charge is 2.28. The summed E-state index contributed by atoms with van der Waals surface area (Å²) in [6.07, 6.45) is 3.09. The van der Waals surface area contributed by atoms with E-state index in [2.05, 4.69) is 29.4 Å². The SMILES string of the molecule is O=C(COc1ccccc1)N1CCC(c2c[nH]c3ccccc23)C1. The van der Waals surface area contributed by atoms with Crippen molar-refractivity contribution in [2.24, 2.45) is 0 Å². The number of amides is 1. The monoisotopic (exact) mass is 320 g/mol. The van der Waals surface area contributed by atoms with Crippen LogP contribution in [-0.2, 0) is 4.79 Å². The van der Waals surface area contributed by atoms with Crippen molar-refractivity contribution in [1.29, 1.82) is 0 Å². The van der Waals surface area contributed by atoms with Crippen molar-refractivity contribution >= 4 is 16.8 Å². The Morgan fingerprint density at radius 3 is 2.79 bits per heavy atom. The minimum absolute atomic E-state index is 0.0567. The van der Waals surface area contributed by atoms with Crippen LogP contribution in [0.15, 0.2) is 60.8 Å². The molecule has 1 aromatic heterocycles. The van der Waals surface area contributed by atoms with Crippen LogP contribution in [0.4, 0.5) is 0 Å². The number of H-pyrrole nitrogens is 1. The van der Waals surface area contributed by atoms with Crippen LogP contribution < -0.4 is 4.74 Å². The molecular weight excluding hydrogens is 300 g/mol. The molecule has 0 aliphatic carbocycles. The Hall–Kier alpha value is -2.75. The van der Waals surface area contributed by atoms with E-state index < -0.39 is 0 Å². The largest absolute Gasteiger partial charge is 0.484 e. The molecule has 1 aliphatic rings. The molecule has 1 N–H and O–H groups in total. The van der Waals surface area contributed by atoms with Gasteiger partial charge in [0.05, 0.1) is 0 Å². The van der Waals surface area contributed by atoms with Gasteiger partial charge in [-0.15, -0.1) is 0 Å². The molecule has 1 aliphatic heterocycles. The third kappa shape index (κ3) is 2.87. The predicted molar refractivity (Wildman–Crippen MR) is 94.2 cm³/mol. The second-order valence-electron chi connectivity index (χ2n) is 6.22. The fourth-order valence-corrected chi connectivity index (χ4v) is 3.43. The average Bonchev–Trinajstić information content (AvgIpc) is 3.27. The van der Waals surface area contributed by atoms with Gasteiger partial charge in [-0.3, -0.25) is 4.79 Å². The Kier molecular flexibility index (Phi) is 3.95. The molecule has 24 heavy (non-hydrogen) atoms. The number of hydrogen-bond donors (Lipinski definition) is 1. The molecule has 0 saturated carbocycles. The van der Waals surface area contributed by atoms with Crippen LogP contribution in [0.3, 0.4) is 0 Å². The van der Waals surface area contributed by atoms with Crippen molar-refractivity contribution in [3.63, 3.8) is 0 Å². The van der Waals surface area contributed by atoms with Crippen LogP contribution in [0.25, 0.3) is 10.9 Å². The zero-order valence-corrected chi connectivity index (χ0v) is 13.4. The Balaban J connectivity index is 1.40. The molecule has 0 bridgehead atoms. The van der Waals surface area contributed by atoms with Gasteiger partial charge < -0.3 is 14.6 Å². The van der Waals surface area contributed by atoms with Gasteiger partial charge in [0, 0.05) is 36.1 Å². The standard InChI is InChI=1S/C20H20N2O2/c23-20(14-24-16-6-2-1-3-7-16)22-11-10-15(13-22)18-12-21-19-9-5-4-8-17(18)19/h1-9,12,15,21H,10-11,13-14H2. The van der Waals surface area contributed by atoms with Crippen LogP contribution in [0, 0.1) is 0 Å². The number of ether oxygens (including phenoxy) is 1. The highest BCUT2D eigenvalue weighted by Crippen LogP contribution is 2.32. The molecule has 1 amide bonds. The van der Waals surface area contributed by atoms with Crippen molar-refractivity contribution in [1.82, 2.24) is 9.88 Å². The third-order valence-electron chi connectivity index (χ3n) is 4.71. The van der Waals surface area contributed by atoms with Crippen LogP contribution in [0.2, 0.25) is 0 Å². The maximum absolute atomic E-state index is 12.4. The first kappa shape index (κ1) is 14.8. The lowest BCUT2D eigenvalue weighted by atomic mass is 9.98. The molecule has 2 aromatic carbocycles. The quantitative estimate of drug-likeness (QED) is 0.799. The molecule has 1 atom stereocenters. The Morgan fingerprint density at radius 1 is 1.12 bits per heavy atom. The fourth-order valence-electron chi connectivity index (χ4n) is 3.43. The number of nitrogens with zero attached hydrogens (tertiary/aromatic N) is 1. The number of nitrogens with one attached hydrogen (secondary N) is 1. The Morgan fingerprint density at radius 2 is 1.92 bits per heavy atom. The van der Waals surface area contributed by atoms with Gasteiger partial charge in [0.25, 0.3) is 5.91 Å². The van der Waals surface area contributed by atoms with Gasteiger partial charge in [0.1, 0.15) is 5.75 Å². The average molecular weight is 320 g/mol. The number of aromatic amines is 1. The van der Waals surface area contributed by atoms with E-state index in [1.54, 1.807) is 0 Å². The summed E-state index contributed by atoms with van der Waals surface area (Å²) in [6, 6.07) is 17.8. The summed E-state index contributed by atoms with van der Waals surface area (Å²) in [5.74, 6) is 1.18. The van der Waals surface area contributed by atoms with Crippen LogP contribution in [0.5, 0.6) is 5.75 Å². The number of para-hydroxylation sites is 2. The number of likely N-dealkylation sites (tertiary alicyclic amines) is 1. The van der Waals surface area contributed by atoms with Gasteiger partial charge in [0.15, 0.2) is 6.61 Å². The lowest BCUT2D eigenvalue weighted by Crippen LogP contribution is -2.32. The number of fused-ring (bicyclic) bond motifs is 1. The number of carbonyl (C=O) groups excluding carboxylic acids is 1. The van der Waals surface area contributed by atoms with Crippen molar-refractivity contribution in [2.45, 2.75) is 12.3 Å². The van der Waals surface area contributed by atoms with E-state index in [4.69, 9.17) is 4.74 Å². The van der Waals surface area contributed by atoms with Gasteiger partial charge in [-0.1, -0.05) is 36.4 Å². The Labute approximate surface area is 141 Å². The summed E-state index contributed by atoms with van der Waals surface area (Å²) in [4.78, 5) is 17.6. The zero-order chi connectivity index (χ0) is 16.4. The summed E-state index contributed by atoms with van der Waals surface area (Å²) in [5.41, 5.74) is 2.47. The molecule has 122 valence electrons. The van der Waals surface area contributed by atoms with Crippen LogP contribution in [0.1, 0.15) is 17.9 Å². The molecule has 4 heteroatoms. The Bertz CT molecular complexity index is 841. The summed E-state index contributed by atoms with van der Waals surface area (Å²) in [7, 11) is 0. The molecular formula is C20H20N2O2. The van der Waals surface area contributed by atoms with E-state index in [9.17, 15) is 4.79 Å². The maximum Gasteiger partial charge on any atom is 0.260 e. The molecule has 2 heterocycles. The first-order valence-electron chi connectivity index (χ1n) is 8.33. The van der Waals surface area contributed by atoms with E-state index in [1.165, 1.54) is 10.9 Å². The third-order valence-corrected chi connectivity index (χ3v) is 4.71. The number of hydrogen-bond acceptors (Lipinski definition) is 2. The molecule has 4 rings (SSSR count). The highest BCUT2D eigenvalue weighted by molar-refractivity contribution is 5.84. The summed E-state index contributed by atoms with van der Waals surface area (Å²) >= 11 is 0. The van der Waals surface area contributed by atoms with E-state index >= 15 is 0 Å². The van der Waals surface area contributed by atoms with E-state index in [0.29, 0.717) is 5.92 Å². The number of rotatable bonds is 4. The lowest BCUT2D eigenvalue weighted by Gasteiger charge is -2.17. The summed E-state index contributed by atoms with van der Waals surface area (Å²) < 4.78 is 5.58. The highest BCUT2D eigenvalue weighted by atomic mass is 16.5. The van der Waals surface area contributed by atoms with Gasteiger partial charge in [0.2, 0.25) is 0 Å². The molecule has 3 aromatic rings. The zero-order valence-electron chi connectivity index (χ0n) is 13.4. The van der Waals surface area contributed by atoms with Crippen LogP contribution in [-0.4, -0.2) is 35.5 Å². The molecule has 0 radical (unpaired) electrons. The van der Waals surface area contributed by atoms with Gasteiger partial charge in [-0.25, -0.2) is 0 Å². The van der Waals surface area contributed by atoms with Gasteiger partial charge in [-0.05, 0) is 30.2 Å². The first-order chi connectivity index (χ1) is 11.8. The molecule has 1 unspecified atom stereocenters. The molecule has 1 saturated heterocycles. The topological polar surface area (TPSA) is 45.3 Å². The van der Waals surface area contributed by atoms with Crippen molar-refractivity contribution in [3.05, 3.63) is 66.4 Å². The fraction of sp³-hybridized carbons (Fsp3) is 0.250. The van der Waals surface area contributed by atoms with Gasteiger partial charge in [-0.2, -0.15) is 0 Å². The second-order valence-corrected chi connectivity index (χ2v) is 6.22. The molecule has 0 spiro atoms.